The van der Waals surface area contributed by atoms with Crippen LogP contribution in [0.2, 0.25) is 0 Å². The third-order valence-electron chi connectivity index (χ3n) is 2.92. The molecule has 2 N–H and O–H groups in total. The summed E-state index contributed by atoms with van der Waals surface area (Å²) in [4.78, 5) is 17.8. The minimum atomic E-state index is 0. The maximum absolute atomic E-state index is 11.8. The number of guanidine groups is 1. The van der Waals surface area contributed by atoms with E-state index in [-0.39, 0.29) is 41.8 Å². The van der Waals surface area contributed by atoms with Crippen molar-refractivity contribution in [1.29, 1.82) is 0 Å². The molecule has 1 saturated heterocycles. The Morgan fingerprint density at radius 2 is 2.26 bits per heavy atom. The number of carbonyl (C=O) groups is 1. The molecule has 6 heteroatoms. The zero-order valence-electron chi connectivity index (χ0n) is 11.8. The van der Waals surface area contributed by atoms with Crippen molar-refractivity contribution in [1.82, 2.24) is 15.5 Å². The van der Waals surface area contributed by atoms with Crippen LogP contribution in [-0.4, -0.2) is 49.5 Å². The molecule has 1 fully saturated rings. The lowest BCUT2D eigenvalue weighted by Gasteiger charge is -2.20. The molecule has 0 spiro atoms. The number of halogens is 1. The smallest absolute Gasteiger partial charge is 0.225 e. The number of aliphatic imine (C=N–C) groups is 1. The average Bonchev–Trinajstić information content (AvgIpc) is 2.81. The first-order valence-electron chi connectivity index (χ1n) is 6.28. The SMILES string of the molecule is C#CCNC(=NC)NC1CCN(C(=O)C(C)C)C1.I. The van der Waals surface area contributed by atoms with Crippen molar-refractivity contribution < 1.29 is 4.79 Å². The Bertz CT molecular complexity index is 362. The molecule has 1 atom stereocenters. The molecule has 1 rings (SSSR count). The zero-order chi connectivity index (χ0) is 13.5. The molecule has 0 aliphatic carbocycles. The van der Waals surface area contributed by atoms with Crippen molar-refractivity contribution in [2.75, 3.05) is 26.7 Å². The summed E-state index contributed by atoms with van der Waals surface area (Å²) in [5.74, 6) is 3.47. The molecule has 108 valence electrons. The first-order valence-corrected chi connectivity index (χ1v) is 6.28. The number of nitrogens with one attached hydrogen (secondary N) is 2. The second-order valence-corrected chi connectivity index (χ2v) is 4.70. The summed E-state index contributed by atoms with van der Waals surface area (Å²) in [6.07, 6.45) is 6.13. The van der Waals surface area contributed by atoms with Crippen LogP contribution in [-0.2, 0) is 4.79 Å². The van der Waals surface area contributed by atoms with Crippen LogP contribution in [0.1, 0.15) is 20.3 Å². The number of likely N-dealkylation sites (tertiary alicyclic amines) is 1. The molecule has 19 heavy (non-hydrogen) atoms. The molecular formula is C13H23IN4O. The van der Waals surface area contributed by atoms with Crippen molar-refractivity contribution >= 4 is 35.8 Å². The topological polar surface area (TPSA) is 56.7 Å². The lowest BCUT2D eigenvalue weighted by Crippen LogP contribution is -2.45. The highest BCUT2D eigenvalue weighted by Crippen LogP contribution is 2.12. The van der Waals surface area contributed by atoms with Crippen molar-refractivity contribution in [2.45, 2.75) is 26.3 Å². The average molecular weight is 378 g/mol. The predicted octanol–water partition coefficient (Wildman–Crippen LogP) is 0.659. The van der Waals surface area contributed by atoms with Crippen LogP contribution in [0.4, 0.5) is 0 Å². The molecule has 0 bridgehead atoms. The van der Waals surface area contributed by atoms with E-state index in [0.717, 1.165) is 19.5 Å². The van der Waals surface area contributed by atoms with Gasteiger partial charge in [0.1, 0.15) is 0 Å². The molecule has 5 nitrogen and oxygen atoms in total. The molecule has 1 unspecified atom stereocenters. The number of hydrogen-bond acceptors (Lipinski definition) is 2. The van der Waals surface area contributed by atoms with Crippen LogP contribution in [0.3, 0.4) is 0 Å². The minimum Gasteiger partial charge on any atom is -0.352 e. The van der Waals surface area contributed by atoms with Crippen LogP contribution in [0.25, 0.3) is 0 Å². The van der Waals surface area contributed by atoms with Crippen LogP contribution >= 0.6 is 24.0 Å². The minimum absolute atomic E-state index is 0. The molecule has 0 radical (unpaired) electrons. The van der Waals surface area contributed by atoms with Gasteiger partial charge in [0.25, 0.3) is 0 Å². The normalized spacial score (nSPS) is 18.8. The molecular weight excluding hydrogens is 355 g/mol. The molecule has 1 heterocycles. The number of hydrogen-bond donors (Lipinski definition) is 2. The maximum Gasteiger partial charge on any atom is 0.225 e. The van der Waals surface area contributed by atoms with E-state index in [9.17, 15) is 4.79 Å². The number of rotatable bonds is 3. The van der Waals surface area contributed by atoms with Crippen LogP contribution in [0, 0.1) is 18.3 Å². The van der Waals surface area contributed by atoms with Gasteiger partial charge in [-0.15, -0.1) is 30.4 Å². The van der Waals surface area contributed by atoms with E-state index in [0.29, 0.717) is 12.5 Å². The van der Waals surface area contributed by atoms with E-state index < -0.39 is 0 Å². The molecule has 0 saturated carbocycles. The Balaban J connectivity index is 0.00000324. The summed E-state index contributed by atoms with van der Waals surface area (Å²) < 4.78 is 0. The summed E-state index contributed by atoms with van der Waals surface area (Å²) >= 11 is 0. The number of amides is 1. The predicted molar refractivity (Wildman–Crippen MR) is 88.6 cm³/mol. The number of terminal acetylenes is 1. The lowest BCUT2D eigenvalue weighted by atomic mass is 10.2. The molecule has 1 aliphatic rings. The van der Waals surface area contributed by atoms with Gasteiger partial charge in [0.05, 0.1) is 6.54 Å². The molecule has 1 aliphatic heterocycles. The van der Waals surface area contributed by atoms with Gasteiger partial charge >= 0.3 is 0 Å². The summed E-state index contributed by atoms with van der Waals surface area (Å²) in [5.41, 5.74) is 0. The Hall–Kier alpha value is -0.970. The van der Waals surface area contributed by atoms with Crippen molar-refractivity contribution in [3.63, 3.8) is 0 Å². The van der Waals surface area contributed by atoms with E-state index in [4.69, 9.17) is 6.42 Å². The van der Waals surface area contributed by atoms with Gasteiger partial charge in [-0.25, -0.2) is 0 Å². The van der Waals surface area contributed by atoms with Crippen LogP contribution < -0.4 is 10.6 Å². The first kappa shape index (κ1) is 18.0. The van der Waals surface area contributed by atoms with Crippen molar-refractivity contribution in [2.24, 2.45) is 10.9 Å². The van der Waals surface area contributed by atoms with Crippen molar-refractivity contribution in [3.8, 4) is 12.3 Å². The van der Waals surface area contributed by atoms with E-state index in [1.165, 1.54) is 0 Å². The Labute approximate surface area is 132 Å². The molecule has 0 aromatic heterocycles. The fourth-order valence-corrected chi connectivity index (χ4v) is 1.97. The number of carbonyl (C=O) groups excluding carboxylic acids is 1. The Kier molecular flexibility index (Phi) is 8.56. The Morgan fingerprint density at radius 3 is 2.79 bits per heavy atom. The monoisotopic (exact) mass is 378 g/mol. The summed E-state index contributed by atoms with van der Waals surface area (Å²) in [7, 11) is 1.71. The summed E-state index contributed by atoms with van der Waals surface area (Å²) in [6, 6.07) is 0.247. The van der Waals surface area contributed by atoms with Crippen molar-refractivity contribution in [3.05, 3.63) is 0 Å². The highest BCUT2D eigenvalue weighted by Gasteiger charge is 2.27. The van der Waals surface area contributed by atoms with Gasteiger partial charge in [0.2, 0.25) is 5.91 Å². The second-order valence-electron chi connectivity index (χ2n) is 4.70. The zero-order valence-corrected chi connectivity index (χ0v) is 14.1. The van der Waals surface area contributed by atoms with Crippen LogP contribution in [0.5, 0.6) is 0 Å². The summed E-state index contributed by atoms with van der Waals surface area (Å²) in [5, 5.41) is 6.29. The third-order valence-corrected chi connectivity index (χ3v) is 2.92. The highest BCUT2D eigenvalue weighted by molar-refractivity contribution is 14.0. The van der Waals surface area contributed by atoms with Crippen LogP contribution in [0.15, 0.2) is 4.99 Å². The molecule has 1 amide bonds. The van der Waals surface area contributed by atoms with Gasteiger partial charge in [-0.3, -0.25) is 9.79 Å². The van der Waals surface area contributed by atoms with Gasteiger partial charge in [-0.2, -0.15) is 0 Å². The van der Waals surface area contributed by atoms with E-state index in [1.807, 2.05) is 18.7 Å². The fourth-order valence-electron chi connectivity index (χ4n) is 1.97. The third kappa shape index (κ3) is 5.68. The fraction of sp³-hybridized carbons (Fsp3) is 0.692. The molecule has 0 aromatic carbocycles. The van der Waals surface area contributed by atoms with Gasteiger partial charge < -0.3 is 15.5 Å². The quantitative estimate of drug-likeness (QED) is 0.328. The summed E-state index contributed by atoms with van der Waals surface area (Å²) in [6.45, 7) is 5.84. The van der Waals surface area contributed by atoms with E-state index in [1.54, 1.807) is 7.05 Å². The first-order chi connectivity index (χ1) is 8.58. The maximum atomic E-state index is 11.8. The Morgan fingerprint density at radius 1 is 1.58 bits per heavy atom. The highest BCUT2D eigenvalue weighted by atomic mass is 127. The van der Waals surface area contributed by atoms with Gasteiger partial charge in [-0.05, 0) is 6.42 Å². The molecule has 0 aromatic rings. The number of nitrogens with zero attached hydrogens (tertiary/aromatic N) is 2. The van der Waals surface area contributed by atoms with E-state index >= 15 is 0 Å². The van der Waals surface area contributed by atoms with Gasteiger partial charge in [0.15, 0.2) is 5.96 Å². The largest absolute Gasteiger partial charge is 0.352 e. The second kappa shape index (κ2) is 9.02. The van der Waals surface area contributed by atoms with E-state index in [2.05, 4.69) is 21.5 Å². The standard InChI is InChI=1S/C13H22N4O.HI/c1-5-7-15-13(14-4)16-11-6-8-17(9-11)12(18)10(2)3;/h1,10-11H,6-9H2,2-4H3,(H2,14,15,16);1H. The van der Waals surface area contributed by atoms with Gasteiger partial charge in [-0.1, -0.05) is 19.8 Å². The van der Waals surface area contributed by atoms with Gasteiger partial charge in [0, 0.05) is 32.1 Å². The lowest BCUT2D eigenvalue weighted by molar-refractivity contribution is -0.133.